The molecule has 6 nitrogen and oxygen atoms in total. The molecule has 1 amide bonds. The van der Waals surface area contributed by atoms with Crippen LogP contribution in [0.3, 0.4) is 0 Å². The Morgan fingerprint density at radius 2 is 1.78 bits per heavy atom. The monoisotopic (exact) mass is 392 g/mol. The maximum absolute atomic E-state index is 12.8. The summed E-state index contributed by atoms with van der Waals surface area (Å²) < 4.78 is 32.2. The molecule has 1 aliphatic heterocycles. The van der Waals surface area contributed by atoms with Gasteiger partial charge in [0.05, 0.1) is 12.0 Å². The van der Waals surface area contributed by atoms with E-state index >= 15 is 0 Å². The van der Waals surface area contributed by atoms with Gasteiger partial charge in [0.15, 0.2) is 0 Å². The Hall–Kier alpha value is -1.60. The number of carbonyl (C=O) groups excluding carboxylic acids is 1. The number of fused-ring (bicyclic) bond motifs is 2. The topological polar surface area (TPSA) is 75.7 Å². The molecule has 2 saturated carbocycles. The molecule has 1 saturated heterocycles. The average Bonchev–Trinajstić information content (AvgIpc) is 3.31. The van der Waals surface area contributed by atoms with Crippen molar-refractivity contribution in [2.75, 3.05) is 20.2 Å². The number of piperidine rings is 1. The number of nitrogens with one attached hydrogen (secondary N) is 1. The van der Waals surface area contributed by atoms with Crippen LogP contribution in [-0.4, -0.2) is 44.9 Å². The zero-order valence-electron chi connectivity index (χ0n) is 15.8. The first-order valence-electron chi connectivity index (χ1n) is 9.92. The molecule has 3 aliphatic rings. The molecule has 0 spiro atoms. The second kappa shape index (κ2) is 7.43. The molecule has 3 fully saturated rings. The van der Waals surface area contributed by atoms with Crippen molar-refractivity contribution in [1.29, 1.82) is 0 Å². The molecule has 1 aromatic carbocycles. The Morgan fingerprint density at radius 3 is 2.33 bits per heavy atom. The molecule has 4 rings (SSSR count). The molecule has 0 radical (unpaired) electrons. The molecule has 1 aromatic rings. The highest BCUT2D eigenvalue weighted by Gasteiger charge is 2.41. The predicted molar refractivity (Wildman–Crippen MR) is 102 cm³/mol. The molecule has 0 unspecified atom stereocenters. The lowest BCUT2D eigenvalue weighted by molar-refractivity contribution is -0.127. The fourth-order valence-electron chi connectivity index (χ4n) is 4.98. The molecule has 148 valence electrons. The molecule has 1 heterocycles. The summed E-state index contributed by atoms with van der Waals surface area (Å²) in [5, 5.41) is 3.26. The number of benzene rings is 1. The van der Waals surface area contributed by atoms with Crippen LogP contribution < -0.4 is 10.1 Å². The molecule has 1 N–H and O–H groups in total. The summed E-state index contributed by atoms with van der Waals surface area (Å²) in [5.74, 6) is 2.14. The van der Waals surface area contributed by atoms with Gasteiger partial charge in [-0.2, -0.15) is 4.31 Å². The second-order valence-electron chi connectivity index (χ2n) is 8.14. The highest BCUT2D eigenvalue weighted by Crippen LogP contribution is 2.44. The van der Waals surface area contributed by atoms with Gasteiger partial charge in [-0.15, -0.1) is 0 Å². The molecule has 7 heteroatoms. The number of amides is 1. The highest BCUT2D eigenvalue weighted by atomic mass is 32.2. The molecule has 2 aliphatic carbocycles. The molecular formula is C20H28N2O4S. The molecule has 0 aromatic heterocycles. The number of methoxy groups -OCH3 is 1. The zero-order chi connectivity index (χ0) is 19.0. The van der Waals surface area contributed by atoms with E-state index in [0.29, 0.717) is 43.6 Å². The number of rotatable bonds is 5. The van der Waals surface area contributed by atoms with Crippen LogP contribution in [0, 0.1) is 17.8 Å². The van der Waals surface area contributed by atoms with Gasteiger partial charge >= 0.3 is 0 Å². The van der Waals surface area contributed by atoms with E-state index in [1.807, 2.05) is 0 Å². The predicted octanol–water partition coefficient (Wildman–Crippen LogP) is 2.40. The minimum atomic E-state index is -3.52. The minimum Gasteiger partial charge on any atom is -0.497 e. The van der Waals surface area contributed by atoms with Crippen LogP contribution in [0.4, 0.5) is 0 Å². The Kier molecular flexibility index (Phi) is 5.16. The Bertz CT molecular complexity index is 785. The summed E-state index contributed by atoms with van der Waals surface area (Å²) in [6, 6.07) is 6.80. The Labute approximate surface area is 161 Å². The van der Waals surface area contributed by atoms with Crippen LogP contribution in [0.2, 0.25) is 0 Å². The minimum absolute atomic E-state index is 0.0774. The van der Waals surface area contributed by atoms with Crippen molar-refractivity contribution in [3.63, 3.8) is 0 Å². The quantitative estimate of drug-likeness (QED) is 0.835. The third kappa shape index (κ3) is 3.72. The lowest BCUT2D eigenvalue weighted by atomic mass is 9.93. The van der Waals surface area contributed by atoms with Crippen molar-refractivity contribution in [3.05, 3.63) is 24.3 Å². The van der Waals surface area contributed by atoms with E-state index < -0.39 is 10.0 Å². The summed E-state index contributed by atoms with van der Waals surface area (Å²) in [6.07, 6.45) is 6.13. The highest BCUT2D eigenvalue weighted by molar-refractivity contribution is 7.89. The third-order valence-corrected chi connectivity index (χ3v) is 8.50. The van der Waals surface area contributed by atoms with Crippen molar-refractivity contribution in [2.24, 2.45) is 17.8 Å². The first-order chi connectivity index (χ1) is 13.0. The van der Waals surface area contributed by atoms with Gasteiger partial charge in [0.2, 0.25) is 15.9 Å². The maximum Gasteiger partial charge on any atom is 0.243 e. The average molecular weight is 393 g/mol. The Balaban J connectivity index is 1.33. The largest absolute Gasteiger partial charge is 0.497 e. The van der Waals surface area contributed by atoms with Crippen molar-refractivity contribution in [1.82, 2.24) is 9.62 Å². The number of ether oxygens (including phenoxy) is 1. The van der Waals surface area contributed by atoms with E-state index in [9.17, 15) is 13.2 Å². The van der Waals surface area contributed by atoms with Gasteiger partial charge in [0, 0.05) is 25.0 Å². The van der Waals surface area contributed by atoms with Crippen LogP contribution in [0.1, 0.15) is 38.5 Å². The van der Waals surface area contributed by atoms with Crippen molar-refractivity contribution in [2.45, 2.75) is 49.5 Å². The zero-order valence-corrected chi connectivity index (χ0v) is 16.6. The summed E-state index contributed by atoms with van der Waals surface area (Å²) in [6.45, 7) is 0.784. The standard InChI is InChI=1S/C20H28N2O4S/c1-26-17-4-6-18(7-5-17)27(24,25)22-10-8-15(9-11-22)20(23)21-19-13-14-2-3-16(19)12-14/h4-7,14-16,19H,2-3,8-13H2,1H3,(H,21,23)/t14-,16-,19+/m0/s1. The fourth-order valence-corrected chi connectivity index (χ4v) is 6.45. The van der Waals surface area contributed by atoms with Gasteiger partial charge in [0.25, 0.3) is 0 Å². The van der Waals surface area contributed by atoms with Crippen molar-refractivity contribution >= 4 is 15.9 Å². The van der Waals surface area contributed by atoms with Crippen LogP contribution in [0.15, 0.2) is 29.2 Å². The number of hydrogen-bond acceptors (Lipinski definition) is 4. The number of carbonyl (C=O) groups is 1. The lowest BCUT2D eigenvalue weighted by Gasteiger charge is -2.32. The first kappa shape index (κ1) is 18.7. The van der Waals surface area contributed by atoms with Gasteiger partial charge in [-0.05, 0) is 68.2 Å². The molecule has 27 heavy (non-hydrogen) atoms. The van der Waals surface area contributed by atoms with E-state index in [0.717, 1.165) is 12.3 Å². The van der Waals surface area contributed by atoms with E-state index in [2.05, 4.69) is 5.32 Å². The number of nitrogens with zero attached hydrogens (tertiary/aromatic N) is 1. The maximum atomic E-state index is 12.8. The van der Waals surface area contributed by atoms with Crippen molar-refractivity contribution < 1.29 is 17.9 Å². The number of hydrogen-bond donors (Lipinski definition) is 1. The smallest absolute Gasteiger partial charge is 0.243 e. The summed E-state index contributed by atoms with van der Waals surface area (Å²) in [7, 11) is -1.97. The lowest BCUT2D eigenvalue weighted by Crippen LogP contribution is -2.46. The van der Waals surface area contributed by atoms with Gasteiger partial charge in [0.1, 0.15) is 5.75 Å². The van der Waals surface area contributed by atoms with E-state index in [-0.39, 0.29) is 16.7 Å². The number of sulfonamides is 1. The summed E-state index contributed by atoms with van der Waals surface area (Å²) in [5.41, 5.74) is 0. The van der Waals surface area contributed by atoms with Crippen molar-refractivity contribution in [3.8, 4) is 5.75 Å². The van der Waals surface area contributed by atoms with E-state index in [4.69, 9.17) is 4.74 Å². The third-order valence-electron chi connectivity index (χ3n) is 6.59. The Morgan fingerprint density at radius 1 is 1.07 bits per heavy atom. The van der Waals surface area contributed by atoms with E-state index in [1.165, 1.54) is 23.6 Å². The van der Waals surface area contributed by atoms with Gasteiger partial charge in [-0.25, -0.2) is 8.42 Å². The van der Waals surface area contributed by atoms with Crippen LogP contribution in [0.25, 0.3) is 0 Å². The summed E-state index contributed by atoms with van der Waals surface area (Å²) in [4.78, 5) is 12.9. The van der Waals surface area contributed by atoms with Gasteiger partial charge < -0.3 is 10.1 Å². The molecule has 3 atom stereocenters. The van der Waals surface area contributed by atoms with Crippen LogP contribution >= 0.6 is 0 Å². The SMILES string of the molecule is COc1ccc(S(=O)(=O)N2CCC(C(=O)N[C@@H]3C[C@H]4CC[C@H]3C4)CC2)cc1. The fraction of sp³-hybridized carbons (Fsp3) is 0.650. The van der Waals surface area contributed by atoms with Crippen LogP contribution in [0.5, 0.6) is 5.75 Å². The normalized spacial score (nSPS) is 29.0. The van der Waals surface area contributed by atoms with Gasteiger partial charge in [-0.3, -0.25) is 4.79 Å². The first-order valence-corrected chi connectivity index (χ1v) is 11.4. The van der Waals surface area contributed by atoms with Crippen LogP contribution in [-0.2, 0) is 14.8 Å². The second-order valence-corrected chi connectivity index (χ2v) is 10.1. The van der Waals surface area contributed by atoms with Gasteiger partial charge in [-0.1, -0.05) is 6.42 Å². The molecule has 2 bridgehead atoms. The summed E-state index contributed by atoms with van der Waals surface area (Å²) >= 11 is 0. The molecular weight excluding hydrogens is 364 g/mol. The van der Waals surface area contributed by atoms with E-state index in [1.54, 1.807) is 31.4 Å².